The molecule has 0 radical (unpaired) electrons. The first kappa shape index (κ1) is 11.0. The number of carbonyl (C=O) groups is 1. The van der Waals surface area contributed by atoms with Gasteiger partial charge in [0.25, 0.3) is 0 Å². The van der Waals surface area contributed by atoms with Crippen molar-refractivity contribution in [1.82, 2.24) is 0 Å². The summed E-state index contributed by atoms with van der Waals surface area (Å²) in [6, 6.07) is 8.25. The SMILES string of the molecule is C[C@@H]1CC[C@H](C)N1c1ccc(C(=O)O)cc1. The second-order valence-corrected chi connectivity index (χ2v) is 4.53. The van der Waals surface area contributed by atoms with Crippen LogP contribution in [0.3, 0.4) is 0 Å². The third-order valence-electron chi connectivity index (χ3n) is 3.36. The Hall–Kier alpha value is -1.51. The summed E-state index contributed by atoms with van der Waals surface area (Å²) in [5.41, 5.74) is 1.48. The molecule has 1 aliphatic heterocycles. The van der Waals surface area contributed by atoms with Crippen LogP contribution in [-0.2, 0) is 0 Å². The Bertz CT molecular complexity index is 375. The molecule has 0 aromatic heterocycles. The van der Waals surface area contributed by atoms with Crippen molar-refractivity contribution in [2.75, 3.05) is 4.90 Å². The fourth-order valence-electron chi connectivity index (χ4n) is 2.48. The second-order valence-electron chi connectivity index (χ2n) is 4.53. The molecule has 0 saturated carbocycles. The molecule has 3 nitrogen and oxygen atoms in total. The zero-order chi connectivity index (χ0) is 11.7. The summed E-state index contributed by atoms with van der Waals surface area (Å²) in [6.07, 6.45) is 2.42. The van der Waals surface area contributed by atoms with Gasteiger partial charge >= 0.3 is 5.97 Å². The third-order valence-corrected chi connectivity index (χ3v) is 3.36. The van der Waals surface area contributed by atoms with Gasteiger partial charge in [-0.1, -0.05) is 0 Å². The van der Waals surface area contributed by atoms with E-state index in [0.717, 1.165) is 5.69 Å². The van der Waals surface area contributed by atoms with E-state index in [1.54, 1.807) is 12.1 Å². The van der Waals surface area contributed by atoms with Gasteiger partial charge in [-0.15, -0.1) is 0 Å². The van der Waals surface area contributed by atoms with Gasteiger partial charge in [-0.2, -0.15) is 0 Å². The molecule has 1 fully saturated rings. The molecule has 1 aromatic rings. The Morgan fingerprint density at radius 3 is 2.12 bits per heavy atom. The molecule has 3 heteroatoms. The van der Waals surface area contributed by atoms with Gasteiger partial charge in [0.15, 0.2) is 0 Å². The number of carboxylic acids is 1. The number of anilines is 1. The van der Waals surface area contributed by atoms with Gasteiger partial charge in [-0.05, 0) is 51.0 Å². The van der Waals surface area contributed by atoms with Gasteiger partial charge in [0.05, 0.1) is 5.56 Å². The van der Waals surface area contributed by atoms with E-state index >= 15 is 0 Å². The molecular weight excluding hydrogens is 202 g/mol. The molecule has 2 atom stereocenters. The Kier molecular flexibility index (Phi) is 2.86. The fourth-order valence-corrected chi connectivity index (χ4v) is 2.48. The average Bonchev–Trinajstić information content (AvgIpc) is 2.59. The Labute approximate surface area is 95.7 Å². The van der Waals surface area contributed by atoms with Crippen LogP contribution >= 0.6 is 0 Å². The lowest BCUT2D eigenvalue weighted by Gasteiger charge is -2.28. The molecule has 1 heterocycles. The molecule has 16 heavy (non-hydrogen) atoms. The van der Waals surface area contributed by atoms with Crippen LogP contribution in [-0.4, -0.2) is 23.2 Å². The highest BCUT2D eigenvalue weighted by Crippen LogP contribution is 2.30. The number of rotatable bonds is 2. The predicted octanol–water partition coefficient (Wildman–Crippen LogP) is 2.76. The van der Waals surface area contributed by atoms with Crippen LogP contribution in [0.1, 0.15) is 37.0 Å². The molecule has 0 aliphatic carbocycles. The first-order chi connectivity index (χ1) is 7.59. The van der Waals surface area contributed by atoms with Crippen LogP contribution < -0.4 is 4.90 Å². The third kappa shape index (κ3) is 1.90. The van der Waals surface area contributed by atoms with E-state index in [9.17, 15) is 4.79 Å². The van der Waals surface area contributed by atoms with E-state index in [-0.39, 0.29) is 0 Å². The second kappa shape index (κ2) is 4.16. The van der Waals surface area contributed by atoms with Crippen molar-refractivity contribution in [3.05, 3.63) is 29.8 Å². The number of carboxylic acid groups (broad SMARTS) is 1. The molecule has 0 bridgehead atoms. The molecule has 1 aromatic carbocycles. The highest BCUT2D eigenvalue weighted by atomic mass is 16.4. The topological polar surface area (TPSA) is 40.5 Å². The van der Waals surface area contributed by atoms with E-state index in [0.29, 0.717) is 17.6 Å². The summed E-state index contributed by atoms with van der Waals surface area (Å²) in [5, 5.41) is 8.83. The maximum absolute atomic E-state index is 10.7. The normalized spacial score (nSPS) is 24.8. The van der Waals surface area contributed by atoms with Crippen molar-refractivity contribution >= 4 is 11.7 Å². The minimum absolute atomic E-state index is 0.350. The van der Waals surface area contributed by atoms with Crippen molar-refractivity contribution < 1.29 is 9.90 Å². The number of hydrogen-bond donors (Lipinski definition) is 1. The van der Waals surface area contributed by atoms with Crippen LogP contribution in [0.5, 0.6) is 0 Å². The van der Waals surface area contributed by atoms with Crippen LogP contribution in [0, 0.1) is 0 Å². The molecule has 0 unspecified atom stereocenters. The van der Waals surface area contributed by atoms with E-state index in [1.807, 2.05) is 12.1 Å². The Balaban J connectivity index is 2.24. The van der Waals surface area contributed by atoms with Crippen molar-refractivity contribution in [2.45, 2.75) is 38.8 Å². The van der Waals surface area contributed by atoms with Gasteiger partial charge in [-0.25, -0.2) is 4.79 Å². The monoisotopic (exact) mass is 219 g/mol. The van der Waals surface area contributed by atoms with Crippen molar-refractivity contribution in [3.8, 4) is 0 Å². The number of hydrogen-bond acceptors (Lipinski definition) is 2. The minimum Gasteiger partial charge on any atom is -0.478 e. The molecule has 0 amide bonds. The summed E-state index contributed by atoms with van der Waals surface area (Å²) in [6.45, 7) is 4.43. The first-order valence-electron chi connectivity index (χ1n) is 5.71. The summed E-state index contributed by atoms with van der Waals surface area (Å²) in [4.78, 5) is 13.1. The number of benzene rings is 1. The molecule has 1 aliphatic rings. The van der Waals surface area contributed by atoms with Crippen LogP contribution in [0.25, 0.3) is 0 Å². The van der Waals surface area contributed by atoms with Crippen molar-refractivity contribution in [2.24, 2.45) is 0 Å². The smallest absolute Gasteiger partial charge is 0.335 e. The lowest BCUT2D eigenvalue weighted by atomic mass is 10.1. The highest BCUT2D eigenvalue weighted by molar-refractivity contribution is 5.88. The van der Waals surface area contributed by atoms with Gasteiger partial charge < -0.3 is 10.0 Å². The van der Waals surface area contributed by atoms with Crippen LogP contribution in [0.15, 0.2) is 24.3 Å². The molecule has 1 N–H and O–H groups in total. The van der Waals surface area contributed by atoms with Crippen LogP contribution in [0.2, 0.25) is 0 Å². The van der Waals surface area contributed by atoms with E-state index in [2.05, 4.69) is 18.7 Å². The lowest BCUT2D eigenvalue weighted by Crippen LogP contribution is -2.32. The number of nitrogens with zero attached hydrogens (tertiary/aromatic N) is 1. The Morgan fingerprint density at radius 1 is 1.19 bits per heavy atom. The zero-order valence-corrected chi connectivity index (χ0v) is 9.68. The van der Waals surface area contributed by atoms with Gasteiger partial charge in [-0.3, -0.25) is 0 Å². The van der Waals surface area contributed by atoms with Gasteiger partial charge in [0.2, 0.25) is 0 Å². The quantitative estimate of drug-likeness (QED) is 0.831. The summed E-state index contributed by atoms with van der Waals surface area (Å²) in [5.74, 6) is -0.867. The van der Waals surface area contributed by atoms with E-state index in [1.165, 1.54) is 12.8 Å². The zero-order valence-electron chi connectivity index (χ0n) is 9.68. The minimum atomic E-state index is -0.867. The molecule has 0 spiro atoms. The maximum atomic E-state index is 10.7. The molecule has 2 rings (SSSR count). The average molecular weight is 219 g/mol. The first-order valence-corrected chi connectivity index (χ1v) is 5.71. The standard InChI is InChI=1S/C13H17NO2/c1-9-3-4-10(2)14(9)12-7-5-11(6-8-12)13(15)16/h5-10H,3-4H2,1-2H3,(H,15,16)/t9-,10+. The van der Waals surface area contributed by atoms with Gasteiger partial charge in [0.1, 0.15) is 0 Å². The van der Waals surface area contributed by atoms with E-state index < -0.39 is 5.97 Å². The predicted molar refractivity (Wildman–Crippen MR) is 64.0 cm³/mol. The number of aromatic carboxylic acids is 1. The lowest BCUT2D eigenvalue weighted by molar-refractivity contribution is 0.0697. The summed E-state index contributed by atoms with van der Waals surface area (Å²) in [7, 11) is 0. The van der Waals surface area contributed by atoms with Crippen molar-refractivity contribution in [3.63, 3.8) is 0 Å². The molecular formula is C13H17NO2. The summed E-state index contributed by atoms with van der Waals surface area (Å²) < 4.78 is 0. The van der Waals surface area contributed by atoms with E-state index in [4.69, 9.17) is 5.11 Å². The fraction of sp³-hybridized carbons (Fsp3) is 0.462. The Morgan fingerprint density at radius 2 is 1.69 bits per heavy atom. The largest absolute Gasteiger partial charge is 0.478 e. The summed E-state index contributed by atoms with van der Waals surface area (Å²) >= 11 is 0. The molecule has 86 valence electrons. The highest BCUT2D eigenvalue weighted by Gasteiger charge is 2.27. The van der Waals surface area contributed by atoms with Crippen LogP contribution in [0.4, 0.5) is 5.69 Å². The maximum Gasteiger partial charge on any atom is 0.335 e. The molecule has 1 saturated heterocycles. The van der Waals surface area contributed by atoms with Gasteiger partial charge in [0, 0.05) is 17.8 Å². The van der Waals surface area contributed by atoms with Crippen molar-refractivity contribution in [1.29, 1.82) is 0 Å².